The molecule has 0 unspecified atom stereocenters. The second-order valence-corrected chi connectivity index (χ2v) is 8.05. The maximum Gasteiger partial charge on any atom is 0.180 e. The quantitative estimate of drug-likeness (QED) is 0.715. The van der Waals surface area contributed by atoms with E-state index < -0.39 is 0 Å². The third kappa shape index (κ3) is 2.93. The highest BCUT2D eigenvalue weighted by atomic mass is 15.3. The predicted octanol–water partition coefficient (Wildman–Crippen LogP) is 2.16. The number of nitrogens with two attached hydrogens (primary N) is 1. The molecule has 27 heavy (non-hydrogen) atoms. The molecule has 1 saturated heterocycles. The number of aryl methyl sites for hydroxylation is 1. The third-order valence-corrected chi connectivity index (χ3v) is 5.92. The van der Waals surface area contributed by atoms with Crippen LogP contribution in [-0.4, -0.2) is 57.6 Å². The van der Waals surface area contributed by atoms with Crippen LogP contribution in [0, 0.1) is 0 Å². The smallest absolute Gasteiger partial charge is 0.180 e. The molecule has 8 heteroatoms. The summed E-state index contributed by atoms with van der Waals surface area (Å²) in [6, 6.07) is 2.10. The number of anilines is 3. The lowest BCUT2D eigenvalue weighted by molar-refractivity contribution is 0.243. The molecule has 0 bridgehead atoms. The van der Waals surface area contributed by atoms with Crippen molar-refractivity contribution in [2.75, 3.05) is 36.4 Å². The molecule has 3 aliphatic heterocycles. The number of amidine groups is 1. The van der Waals surface area contributed by atoms with E-state index in [-0.39, 0.29) is 5.54 Å². The van der Waals surface area contributed by atoms with E-state index in [4.69, 9.17) is 10.7 Å². The van der Waals surface area contributed by atoms with Gasteiger partial charge in [-0.1, -0.05) is 0 Å². The summed E-state index contributed by atoms with van der Waals surface area (Å²) in [6.07, 6.45) is 7.98. The minimum Gasteiger partial charge on any atom is -0.372 e. The van der Waals surface area contributed by atoms with Crippen molar-refractivity contribution in [2.24, 2.45) is 10.7 Å². The van der Waals surface area contributed by atoms with Crippen LogP contribution >= 0.6 is 0 Å². The van der Waals surface area contributed by atoms with Gasteiger partial charge in [0.15, 0.2) is 11.6 Å². The topological polar surface area (TPSA) is 98.5 Å². The Kier molecular flexibility index (Phi) is 3.82. The van der Waals surface area contributed by atoms with Crippen molar-refractivity contribution >= 4 is 28.8 Å². The van der Waals surface area contributed by atoms with E-state index >= 15 is 0 Å². The van der Waals surface area contributed by atoms with E-state index in [0.29, 0.717) is 6.54 Å². The summed E-state index contributed by atoms with van der Waals surface area (Å²) in [4.78, 5) is 13.8. The average molecular weight is 366 g/mol. The second-order valence-electron chi connectivity index (χ2n) is 8.05. The number of likely N-dealkylation sites (tertiary alicyclic amines) is 1. The van der Waals surface area contributed by atoms with Crippen molar-refractivity contribution in [3.05, 3.63) is 24.0 Å². The van der Waals surface area contributed by atoms with E-state index in [1.54, 1.807) is 0 Å². The molecule has 3 aliphatic rings. The number of hydrogen-bond acceptors (Lipinski definition) is 7. The van der Waals surface area contributed by atoms with Crippen LogP contribution in [-0.2, 0) is 6.42 Å². The highest BCUT2D eigenvalue weighted by Gasteiger charge is 2.31. The summed E-state index contributed by atoms with van der Waals surface area (Å²) in [7, 11) is 0. The zero-order valence-corrected chi connectivity index (χ0v) is 15.7. The largest absolute Gasteiger partial charge is 0.372 e. The molecule has 2 aromatic heterocycles. The molecule has 0 atom stereocenters. The van der Waals surface area contributed by atoms with Crippen LogP contribution in [0.15, 0.2) is 23.5 Å². The van der Waals surface area contributed by atoms with Crippen molar-refractivity contribution in [2.45, 2.75) is 38.1 Å². The van der Waals surface area contributed by atoms with Gasteiger partial charge >= 0.3 is 0 Å². The SMILES string of the molecule is CC1(N)CCN(C2=Nc3[nH]nc(N4CCCc5ccncc54)c3NC2)CC1. The minimum absolute atomic E-state index is 0.0544. The zero-order valence-electron chi connectivity index (χ0n) is 15.7. The van der Waals surface area contributed by atoms with Gasteiger partial charge in [0.05, 0.1) is 18.4 Å². The van der Waals surface area contributed by atoms with Crippen LogP contribution in [0.1, 0.15) is 31.7 Å². The van der Waals surface area contributed by atoms with Crippen LogP contribution in [0.5, 0.6) is 0 Å². The molecule has 5 rings (SSSR count). The molecule has 0 saturated carbocycles. The standard InChI is InChI=1S/C19H26N8/c1-19(20)5-9-26(10-6-19)15-12-22-16-17(23-15)24-25-18(16)27-8-2-3-13-4-7-21-11-14(13)27/h4,7,11,22H,2-3,5-6,8-10,12,20H2,1H3,(H,24,25). The van der Waals surface area contributed by atoms with Crippen molar-refractivity contribution in [1.29, 1.82) is 0 Å². The van der Waals surface area contributed by atoms with Gasteiger partial charge in [0.1, 0.15) is 11.5 Å². The number of H-pyrrole nitrogens is 1. The number of aromatic amines is 1. The number of piperidine rings is 1. The minimum atomic E-state index is -0.0544. The van der Waals surface area contributed by atoms with E-state index in [1.807, 2.05) is 12.4 Å². The molecule has 142 valence electrons. The first kappa shape index (κ1) is 16.6. The van der Waals surface area contributed by atoms with Crippen molar-refractivity contribution in [1.82, 2.24) is 20.1 Å². The van der Waals surface area contributed by atoms with E-state index in [2.05, 4.69) is 43.3 Å². The van der Waals surface area contributed by atoms with Crippen molar-refractivity contribution in [3.63, 3.8) is 0 Å². The van der Waals surface area contributed by atoms with Crippen molar-refractivity contribution < 1.29 is 0 Å². The second kappa shape index (κ2) is 6.23. The molecule has 8 nitrogen and oxygen atoms in total. The van der Waals surface area contributed by atoms with Gasteiger partial charge in [-0.15, -0.1) is 0 Å². The lowest BCUT2D eigenvalue weighted by atomic mass is 9.91. The molecule has 4 N–H and O–H groups in total. The van der Waals surface area contributed by atoms with E-state index in [9.17, 15) is 0 Å². The van der Waals surface area contributed by atoms with Crippen LogP contribution in [0.25, 0.3) is 0 Å². The lowest BCUT2D eigenvalue weighted by Crippen LogP contribution is -2.51. The van der Waals surface area contributed by atoms with Gasteiger partial charge in [-0.3, -0.25) is 10.1 Å². The Morgan fingerprint density at radius 2 is 2.07 bits per heavy atom. The van der Waals surface area contributed by atoms with Crippen LogP contribution in [0.3, 0.4) is 0 Å². The van der Waals surface area contributed by atoms with Gasteiger partial charge in [0.2, 0.25) is 0 Å². The normalized spacial score (nSPS) is 21.2. The summed E-state index contributed by atoms with van der Waals surface area (Å²) in [5, 5.41) is 11.3. The molecule has 0 radical (unpaired) electrons. The fourth-order valence-electron chi connectivity index (χ4n) is 4.19. The maximum atomic E-state index is 6.26. The molecule has 0 spiro atoms. The number of pyridine rings is 1. The summed E-state index contributed by atoms with van der Waals surface area (Å²) in [6.45, 7) is 5.70. The Balaban J connectivity index is 1.42. The van der Waals surface area contributed by atoms with Crippen LogP contribution in [0.4, 0.5) is 23.0 Å². The van der Waals surface area contributed by atoms with Gasteiger partial charge in [-0.25, -0.2) is 4.99 Å². The van der Waals surface area contributed by atoms with E-state index in [1.165, 1.54) is 5.56 Å². The molecule has 1 fully saturated rings. The van der Waals surface area contributed by atoms with Gasteiger partial charge in [0, 0.05) is 31.4 Å². The fraction of sp³-hybridized carbons (Fsp3) is 0.526. The number of nitrogens with zero attached hydrogens (tertiary/aromatic N) is 5. The van der Waals surface area contributed by atoms with Gasteiger partial charge < -0.3 is 20.9 Å². The summed E-state index contributed by atoms with van der Waals surface area (Å²) in [5.74, 6) is 2.78. The van der Waals surface area contributed by atoms with Gasteiger partial charge in [0.25, 0.3) is 0 Å². The molecule has 5 heterocycles. The van der Waals surface area contributed by atoms with Crippen LogP contribution in [0.2, 0.25) is 0 Å². The number of rotatable bonds is 1. The summed E-state index contributed by atoms with van der Waals surface area (Å²) >= 11 is 0. The Morgan fingerprint density at radius 1 is 1.22 bits per heavy atom. The Hall–Kier alpha value is -2.61. The monoisotopic (exact) mass is 366 g/mol. The Bertz CT molecular complexity index is 874. The first-order chi connectivity index (χ1) is 13.1. The Morgan fingerprint density at radius 3 is 2.93 bits per heavy atom. The molecule has 0 aliphatic carbocycles. The highest BCUT2D eigenvalue weighted by molar-refractivity contribution is 5.96. The van der Waals surface area contributed by atoms with Gasteiger partial charge in [-0.2, -0.15) is 5.10 Å². The van der Waals surface area contributed by atoms with E-state index in [0.717, 1.165) is 74.2 Å². The molecular formula is C19H26N8. The fourth-order valence-corrected chi connectivity index (χ4v) is 4.19. The summed E-state index contributed by atoms with van der Waals surface area (Å²) in [5.41, 5.74) is 9.66. The summed E-state index contributed by atoms with van der Waals surface area (Å²) < 4.78 is 0. The molecule has 0 amide bonds. The number of hydrogen-bond donors (Lipinski definition) is 3. The zero-order chi connectivity index (χ0) is 18.4. The highest BCUT2D eigenvalue weighted by Crippen LogP contribution is 2.41. The number of fused-ring (bicyclic) bond motifs is 2. The molecular weight excluding hydrogens is 340 g/mol. The first-order valence-corrected chi connectivity index (χ1v) is 9.75. The molecule has 0 aromatic carbocycles. The molecule has 2 aromatic rings. The van der Waals surface area contributed by atoms with Crippen LogP contribution < -0.4 is 16.0 Å². The van der Waals surface area contributed by atoms with Gasteiger partial charge in [-0.05, 0) is 44.2 Å². The predicted molar refractivity (Wildman–Crippen MR) is 107 cm³/mol. The first-order valence-electron chi connectivity index (χ1n) is 9.75. The third-order valence-electron chi connectivity index (χ3n) is 5.92. The average Bonchev–Trinajstić information content (AvgIpc) is 3.10. The van der Waals surface area contributed by atoms with Crippen molar-refractivity contribution in [3.8, 4) is 0 Å². The number of aromatic nitrogens is 3. The lowest BCUT2D eigenvalue weighted by Gasteiger charge is -2.39. The number of nitrogens with one attached hydrogen (secondary N) is 2. The maximum absolute atomic E-state index is 6.26. The Labute approximate surface area is 158 Å². The number of aliphatic imine (C=N–C) groups is 1.